The molecule has 1 saturated heterocycles. The van der Waals surface area contributed by atoms with E-state index in [1.807, 2.05) is 6.92 Å². The van der Waals surface area contributed by atoms with Gasteiger partial charge in [-0.2, -0.15) is 0 Å². The molecule has 1 aliphatic heterocycles. The van der Waals surface area contributed by atoms with E-state index in [2.05, 4.69) is 5.32 Å². The number of rotatable bonds is 5. The molecule has 20 heavy (non-hydrogen) atoms. The standard InChI is InChI=1S/C14H16F3NO2/c1-2-5-18-11-7-20-6-9(11)14(19)8-3-4-10(15)13(17)12(8)16/h3-4,9,11,18H,2,5-7H2,1H3. The molecule has 0 radical (unpaired) electrons. The van der Waals surface area contributed by atoms with Crippen molar-refractivity contribution in [2.24, 2.45) is 5.92 Å². The Morgan fingerprint density at radius 1 is 1.30 bits per heavy atom. The lowest BCUT2D eigenvalue weighted by atomic mass is 9.93. The lowest BCUT2D eigenvalue weighted by molar-refractivity contribution is 0.0886. The fourth-order valence-electron chi connectivity index (χ4n) is 2.26. The van der Waals surface area contributed by atoms with E-state index < -0.39 is 34.7 Å². The van der Waals surface area contributed by atoms with Gasteiger partial charge in [0.2, 0.25) is 0 Å². The number of ketones is 1. The molecule has 0 aliphatic carbocycles. The zero-order valence-corrected chi connectivity index (χ0v) is 11.1. The van der Waals surface area contributed by atoms with Crippen molar-refractivity contribution in [3.63, 3.8) is 0 Å². The van der Waals surface area contributed by atoms with Crippen LogP contribution in [0.1, 0.15) is 23.7 Å². The van der Waals surface area contributed by atoms with Crippen molar-refractivity contribution in [3.05, 3.63) is 35.1 Å². The largest absolute Gasteiger partial charge is 0.379 e. The minimum atomic E-state index is -1.62. The molecule has 0 saturated carbocycles. The van der Waals surface area contributed by atoms with Gasteiger partial charge in [0.25, 0.3) is 0 Å². The second-order valence-electron chi connectivity index (χ2n) is 4.79. The summed E-state index contributed by atoms with van der Waals surface area (Å²) < 4.78 is 44.9. The number of benzene rings is 1. The van der Waals surface area contributed by atoms with Crippen LogP contribution >= 0.6 is 0 Å². The van der Waals surface area contributed by atoms with Crippen LogP contribution in [-0.2, 0) is 4.74 Å². The van der Waals surface area contributed by atoms with Crippen LogP contribution in [0.4, 0.5) is 13.2 Å². The molecule has 0 amide bonds. The highest BCUT2D eigenvalue weighted by Gasteiger charge is 2.35. The van der Waals surface area contributed by atoms with E-state index in [1.165, 1.54) is 0 Å². The van der Waals surface area contributed by atoms with Crippen LogP contribution in [0.5, 0.6) is 0 Å². The van der Waals surface area contributed by atoms with Gasteiger partial charge in [0.15, 0.2) is 23.2 Å². The van der Waals surface area contributed by atoms with Crippen LogP contribution in [0.15, 0.2) is 12.1 Å². The SMILES string of the molecule is CCCNC1COCC1C(=O)c1ccc(F)c(F)c1F. The second kappa shape index (κ2) is 6.37. The number of hydrogen-bond acceptors (Lipinski definition) is 3. The molecule has 2 atom stereocenters. The topological polar surface area (TPSA) is 38.3 Å². The highest BCUT2D eigenvalue weighted by Crippen LogP contribution is 2.23. The summed E-state index contributed by atoms with van der Waals surface area (Å²) in [6.45, 7) is 3.19. The summed E-state index contributed by atoms with van der Waals surface area (Å²) in [5.41, 5.74) is -0.428. The van der Waals surface area contributed by atoms with E-state index in [4.69, 9.17) is 4.74 Å². The minimum absolute atomic E-state index is 0.151. The maximum absolute atomic E-state index is 13.6. The van der Waals surface area contributed by atoms with E-state index >= 15 is 0 Å². The van der Waals surface area contributed by atoms with Gasteiger partial charge in [0.1, 0.15) is 0 Å². The summed E-state index contributed by atoms with van der Waals surface area (Å²) in [6.07, 6.45) is 0.886. The molecule has 6 heteroatoms. The summed E-state index contributed by atoms with van der Waals surface area (Å²) in [5.74, 6) is -5.50. The first kappa shape index (κ1) is 15.0. The van der Waals surface area contributed by atoms with Crippen LogP contribution in [0.25, 0.3) is 0 Å². The quantitative estimate of drug-likeness (QED) is 0.667. The lowest BCUT2D eigenvalue weighted by Crippen LogP contribution is -2.40. The van der Waals surface area contributed by atoms with E-state index in [0.717, 1.165) is 18.6 Å². The number of nitrogens with one attached hydrogen (secondary N) is 1. The molecule has 1 heterocycles. The number of hydrogen-bond donors (Lipinski definition) is 1. The van der Waals surface area contributed by atoms with Gasteiger partial charge >= 0.3 is 0 Å². The van der Waals surface area contributed by atoms with Crippen LogP contribution in [0.2, 0.25) is 0 Å². The fraction of sp³-hybridized carbons (Fsp3) is 0.500. The first-order valence-corrected chi connectivity index (χ1v) is 6.55. The maximum Gasteiger partial charge on any atom is 0.195 e. The van der Waals surface area contributed by atoms with Gasteiger partial charge in [-0.3, -0.25) is 4.79 Å². The summed E-state index contributed by atoms with van der Waals surface area (Å²) in [5, 5.41) is 3.14. The Balaban J connectivity index is 2.20. The third-order valence-electron chi connectivity index (χ3n) is 3.37. The Morgan fingerprint density at radius 2 is 2.05 bits per heavy atom. The summed E-state index contributed by atoms with van der Waals surface area (Å²) in [7, 11) is 0. The van der Waals surface area contributed by atoms with Gasteiger partial charge in [-0.05, 0) is 25.1 Å². The number of carbonyl (C=O) groups excluding carboxylic acids is 1. The van der Waals surface area contributed by atoms with Gasteiger partial charge in [-0.15, -0.1) is 0 Å². The van der Waals surface area contributed by atoms with Crippen LogP contribution in [-0.4, -0.2) is 31.6 Å². The number of ether oxygens (including phenoxy) is 1. The van der Waals surface area contributed by atoms with E-state index in [9.17, 15) is 18.0 Å². The molecule has 0 aromatic heterocycles. The molecule has 0 bridgehead atoms. The zero-order chi connectivity index (χ0) is 14.7. The Morgan fingerprint density at radius 3 is 2.75 bits per heavy atom. The molecule has 2 unspecified atom stereocenters. The molecule has 1 N–H and O–H groups in total. The van der Waals surface area contributed by atoms with Crippen LogP contribution in [0, 0.1) is 23.4 Å². The molecule has 3 nitrogen and oxygen atoms in total. The van der Waals surface area contributed by atoms with Gasteiger partial charge in [0, 0.05) is 6.04 Å². The van der Waals surface area contributed by atoms with Gasteiger partial charge in [0.05, 0.1) is 24.7 Å². The Kier molecular flexibility index (Phi) is 4.77. The predicted molar refractivity (Wildman–Crippen MR) is 67.0 cm³/mol. The molecule has 110 valence electrons. The van der Waals surface area contributed by atoms with E-state index in [-0.39, 0.29) is 12.6 Å². The zero-order valence-electron chi connectivity index (χ0n) is 11.1. The fourth-order valence-corrected chi connectivity index (χ4v) is 2.26. The Hall–Kier alpha value is -1.40. The monoisotopic (exact) mass is 287 g/mol. The minimum Gasteiger partial charge on any atom is -0.379 e. The predicted octanol–water partition coefficient (Wildman–Crippen LogP) is 2.30. The maximum atomic E-state index is 13.6. The molecule has 1 fully saturated rings. The summed E-state index contributed by atoms with van der Waals surface area (Å²) in [4.78, 5) is 12.3. The van der Waals surface area contributed by atoms with Gasteiger partial charge < -0.3 is 10.1 Å². The first-order valence-electron chi connectivity index (χ1n) is 6.55. The molecule has 2 rings (SSSR count). The third-order valence-corrected chi connectivity index (χ3v) is 3.37. The number of Topliss-reactive ketones (excluding diaryl/α,β-unsaturated/α-hetero) is 1. The average molecular weight is 287 g/mol. The smallest absolute Gasteiger partial charge is 0.195 e. The van der Waals surface area contributed by atoms with Crippen molar-refractivity contribution >= 4 is 5.78 Å². The molecule has 1 aromatic carbocycles. The highest BCUT2D eigenvalue weighted by atomic mass is 19.2. The second-order valence-corrected chi connectivity index (χ2v) is 4.79. The summed E-state index contributed by atoms with van der Waals surface area (Å²) >= 11 is 0. The van der Waals surface area contributed by atoms with E-state index in [0.29, 0.717) is 13.2 Å². The van der Waals surface area contributed by atoms with Gasteiger partial charge in [-0.25, -0.2) is 13.2 Å². The van der Waals surface area contributed by atoms with Crippen molar-refractivity contribution in [2.75, 3.05) is 19.8 Å². The number of halogens is 3. The number of carbonyl (C=O) groups is 1. The van der Waals surface area contributed by atoms with Crippen molar-refractivity contribution in [3.8, 4) is 0 Å². The van der Waals surface area contributed by atoms with Crippen molar-refractivity contribution in [1.82, 2.24) is 5.32 Å². The first-order chi connectivity index (χ1) is 9.56. The molecule has 0 spiro atoms. The van der Waals surface area contributed by atoms with Crippen LogP contribution in [0.3, 0.4) is 0 Å². The highest BCUT2D eigenvalue weighted by molar-refractivity contribution is 5.98. The van der Waals surface area contributed by atoms with Crippen LogP contribution < -0.4 is 5.32 Å². The average Bonchev–Trinajstić information content (AvgIpc) is 2.90. The molecular formula is C14H16F3NO2. The normalized spacial score (nSPS) is 22.2. The molecular weight excluding hydrogens is 271 g/mol. The van der Waals surface area contributed by atoms with E-state index in [1.54, 1.807) is 0 Å². The Labute approximate surface area is 115 Å². The van der Waals surface area contributed by atoms with Crippen molar-refractivity contribution < 1.29 is 22.7 Å². The van der Waals surface area contributed by atoms with Crippen molar-refractivity contribution in [1.29, 1.82) is 0 Å². The summed E-state index contributed by atoms with van der Waals surface area (Å²) in [6, 6.07) is 1.51. The lowest BCUT2D eigenvalue weighted by Gasteiger charge is -2.18. The third kappa shape index (κ3) is 2.86. The van der Waals surface area contributed by atoms with Gasteiger partial charge in [-0.1, -0.05) is 6.92 Å². The van der Waals surface area contributed by atoms with Crippen molar-refractivity contribution in [2.45, 2.75) is 19.4 Å². The molecule has 1 aromatic rings. The molecule has 1 aliphatic rings. The Bertz CT molecular complexity index is 507.